The van der Waals surface area contributed by atoms with Crippen LogP contribution in [0.2, 0.25) is 0 Å². The number of hydrogen-bond donors (Lipinski definition) is 1. The van der Waals surface area contributed by atoms with Crippen LogP contribution in [-0.2, 0) is 10.0 Å². The Morgan fingerprint density at radius 3 is 2.40 bits per heavy atom. The molecule has 0 fully saturated rings. The van der Waals surface area contributed by atoms with E-state index in [1.165, 1.54) is 10.4 Å². The highest BCUT2D eigenvalue weighted by molar-refractivity contribution is 7.89. The number of likely N-dealkylation sites (N-methyl/N-ethyl adjacent to an activating group) is 2. The average Bonchev–Trinajstić information content (AvgIpc) is 2.42. The predicted molar refractivity (Wildman–Crippen MR) is 78.8 cm³/mol. The second-order valence-corrected chi connectivity index (χ2v) is 6.60. The topological polar surface area (TPSA) is 60.9 Å². The molecule has 0 atom stereocenters. The van der Waals surface area contributed by atoms with Crippen molar-refractivity contribution in [3.8, 4) is 11.8 Å². The Morgan fingerprint density at radius 1 is 1.15 bits per heavy atom. The van der Waals surface area contributed by atoms with Crippen molar-refractivity contribution in [2.75, 3.05) is 40.8 Å². The highest BCUT2D eigenvalue weighted by Crippen LogP contribution is 2.18. The predicted octanol–water partition coefficient (Wildman–Crippen LogP) is 0.212. The first-order valence-corrected chi connectivity index (χ1v) is 7.63. The molecular formula is C14H20N2O3S. The molecule has 1 N–H and O–H groups in total. The highest BCUT2D eigenvalue weighted by atomic mass is 32.2. The summed E-state index contributed by atoms with van der Waals surface area (Å²) in [5, 5.41) is 8.74. The van der Waals surface area contributed by atoms with Crippen molar-refractivity contribution < 1.29 is 13.5 Å². The molecule has 0 bridgehead atoms. The number of rotatable bonds is 5. The van der Waals surface area contributed by atoms with Crippen LogP contribution in [0.25, 0.3) is 0 Å². The van der Waals surface area contributed by atoms with Gasteiger partial charge in [-0.05, 0) is 26.2 Å². The van der Waals surface area contributed by atoms with Gasteiger partial charge in [-0.15, -0.1) is 0 Å². The van der Waals surface area contributed by atoms with E-state index in [9.17, 15) is 8.42 Å². The van der Waals surface area contributed by atoms with Crippen molar-refractivity contribution in [3.63, 3.8) is 0 Å². The van der Waals surface area contributed by atoms with Crippen LogP contribution < -0.4 is 0 Å². The molecule has 0 aliphatic rings. The maximum Gasteiger partial charge on any atom is 0.244 e. The Morgan fingerprint density at radius 2 is 1.80 bits per heavy atom. The van der Waals surface area contributed by atoms with Gasteiger partial charge in [0.2, 0.25) is 10.0 Å². The lowest BCUT2D eigenvalue weighted by atomic mass is 10.2. The number of nitrogens with zero attached hydrogens (tertiary/aromatic N) is 2. The number of hydrogen-bond acceptors (Lipinski definition) is 4. The van der Waals surface area contributed by atoms with E-state index in [4.69, 9.17) is 5.11 Å². The van der Waals surface area contributed by atoms with Gasteiger partial charge in [0, 0.05) is 25.7 Å². The van der Waals surface area contributed by atoms with Crippen LogP contribution in [0, 0.1) is 11.8 Å². The van der Waals surface area contributed by atoms with E-state index in [-0.39, 0.29) is 11.5 Å². The molecule has 110 valence electrons. The van der Waals surface area contributed by atoms with Crippen molar-refractivity contribution >= 4 is 10.0 Å². The molecule has 0 saturated carbocycles. The molecule has 0 saturated heterocycles. The Kier molecular flexibility index (Phi) is 6.17. The average molecular weight is 296 g/mol. The van der Waals surface area contributed by atoms with E-state index in [1.807, 2.05) is 19.0 Å². The molecule has 20 heavy (non-hydrogen) atoms. The van der Waals surface area contributed by atoms with E-state index in [1.54, 1.807) is 25.2 Å². The molecule has 5 nitrogen and oxygen atoms in total. The summed E-state index contributed by atoms with van der Waals surface area (Å²) in [6, 6.07) is 6.55. The molecule has 0 radical (unpaired) electrons. The maximum atomic E-state index is 12.5. The van der Waals surface area contributed by atoms with Crippen LogP contribution in [0.5, 0.6) is 0 Å². The van der Waals surface area contributed by atoms with Crippen LogP contribution in [0.4, 0.5) is 0 Å². The third-order valence-electron chi connectivity index (χ3n) is 2.74. The smallest absolute Gasteiger partial charge is 0.244 e. The van der Waals surface area contributed by atoms with Crippen LogP contribution >= 0.6 is 0 Å². The van der Waals surface area contributed by atoms with Crippen molar-refractivity contribution in [3.05, 3.63) is 29.8 Å². The fourth-order valence-electron chi connectivity index (χ4n) is 1.56. The summed E-state index contributed by atoms with van der Waals surface area (Å²) in [7, 11) is 1.76. The third kappa shape index (κ3) is 4.32. The van der Waals surface area contributed by atoms with Gasteiger partial charge in [-0.3, -0.25) is 0 Å². The van der Waals surface area contributed by atoms with E-state index in [0.717, 1.165) is 0 Å². The summed E-state index contributed by atoms with van der Waals surface area (Å²) >= 11 is 0. The zero-order valence-corrected chi connectivity index (χ0v) is 12.8. The minimum absolute atomic E-state index is 0.169. The maximum absolute atomic E-state index is 12.5. The van der Waals surface area contributed by atoms with Gasteiger partial charge in [-0.1, -0.05) is 24.0 Å². The Labute approximate surface area is 120 Å². The fourth-order valence-corrected chi connectivity index (χ4v) is 2.86. The van der Waals surface area contributed by atoms with Gasteiger partial charge in [0.05, 0.1) is 4.90 Å². The Balaban J connectivity index is 3.09. The molecule has 0 aliphatic carbocycles. The van der Waals surface area contributed by atoms with Gasteiger partial charge in [-0.25, -0.2) is 8.42 Å². The quantitative estimate of drug-likeness (QED) is 0.789. The van der Waals surface area contributed by atoms with Crippen molar-refractivity contribution in [1.29, 1.82) is 0 Å². The minimum Gasteiger partial charge on any atom is -0.384 e. The molecule has 0 aromatic heterocycles. The summed E-state index contributed by atoms with van der Waals surface area (Å²) in [6.45, 7) is 0.738. The molecule has 0 amide bonds. The standard InChI is InChI=1S/C14H20N2O3S/c1-15(2)10-11-16(3)20(18,19)14-9-5-4-7-13(14)8-6-12-17/h4-5,7,9,17H,10-12H2,1-3H3. The van der Waals surface area contributed by atoms with Gasteiger partial charge in [0.1, 0.15) is 6.61 Å². The second kappa shape index (κ2) is 7.41. The molecule has 0 aliphatic heterocycles. The number of sulfonamides is 1. The third-order valence-corrected chi connectivity index (χ3v) is 4.65. The molecule has 1 rings (SSSR count). The monoisotopic (exact) mass is 296 g/mol. The normalized spacial score (nSPS) is 11.5. The van der Waals surface area contributed by atoms with E-state index in [0.29, 0.717) is 18.7 Å². The van der Waals surface area contributed by atoms with Gasteiger partial charge in [0.15, 0.2) is 0 Å². The number of aliphatic hydroxyl groups excluding tert-OH is 1. The summed E-state index contributed by atoms with van der Waals surface area (Å²) in [5.74, 6) is 5.15. The lowest BCUT2D eigenvalue weighted by molar-refractivity contribution is 0.350. The second-order valence-electron chi connectivity index (χ2n) is 4.59. The van der Waals surface area contributed by atoms with Crippen LogP contribution in [0.1, 0.15) is 5.56 Å². The first kappa shape index (κ1) is 16.7. The molecule has 1 aromatic carbocycles. The van der Waals surface area contributed by atoms with Crippen LogP contribution in [0.15, 0.2) is 29.2 Å². The summed E-state index contributed by atoms with van der Waals surface area (Å²) in [5.41, 5.74) is 0.401. The van der Waals surface area contributed by atoms with Crippen LogP contribution in [0.3, 0.4) is 0 Å². The Bertz CT molecular complexity index is 600. The number of benzene rings is 1. The summed E-state index contributed by atoms with van der Waals surface area (Å²) in [6.07, 6.45) is 0. The van der Waals surface area contributed by atoms with Crippen molar-refractivity contribution in [2.45, 2.75) is 4.90 Å². The molecular weight excluding hydrogens is 276 g/mol. The summed E-state index contributed by atoms with van der Waals surface area (Å²) < 4.78 is 26.3. The van der Waals surface area contributed by atoms with Gasteiger partial charge in [0.25, 0.3) is 0 Å². The molecule has 0 heterocycles. The first-order chi connectivity index (χ1) is 9.39. The van der Waals surface area contributed by atoms with Gasteiger partial charge in [-0.2, -0.15) is 4.31 Å². The fraction of sp³-hybridized carbons (Fsp3) is 0.429. The van der Waals surface area contributed by atoms with E-state index < -0.39 is 10.0 Å². The zero-order chi connectivity index (χ0) is 15.2. The molecule has 0 spiro atoms. The van der Waals surface area contributed by atoms with Crippen molar-refractivity contribution in [1.82, 2.24) is 9.21 Å². The van der Waals surface area contributed by atoms with Gasteiger partial charge >= 0.3 is 0 Å². The summed E-state index contributed by atoms with van der Waals surface area (Å²) in [4.78, 5) is 2.09. The van der Waals surface area contributed by atoms with Gasteiger partial charge < -0.3 is 10.0 Å². The first-order valence-electron chi connectivity index (χ1n) is 6.19. The lowest BCUT2D eigenvalue weighted by Gasteiger charge is -2.20. The van der Waals surface area contributed by atoms with E-state index in [2.05, 4.69) is 11.8 Å². The number of aliphatic hydroxyl groups is 1. The molecule has 0 unspecified atom stereocenters. The van der Waals surface area contributed by atoms with Crippen molar-refractivity contribution in [2.24, 2.45) is 0 Å². The lowest BCUT2D eigenvalue weighted by Crippen LogP contribution is -2.33. The SMILES string of the molecule is CN(C)CCN(C)S(=O)(=O)c1ccccc1C#CCO. The molecule has 6 heteroatoms. The largest absolute Gasteiger partial charge is 0.384 e. The highest BCUT2D eigenvalue weighted by Gasteiger charge is 2.22. The van der Waals surface area contributed by atoms with Crippen LogP contribution in [-0.4, -0.2) is 63.6 Å². The zero-order valence-electron chi connectivity index (χ0n) is 12.0. The minimum atomic E-state index is -3.57. The van der Waals surface area contributed by atoms with E-state index >= 15 is 0 Å². The Hall–Kier alpha value is -1.39. The molecule has 1 aromatic rings.